The molecule has 7 heteroatoms. The Morgan fingerprint density at radius 3 is 2.67 bits per heavy atom. The summed E-state index contributed by atoms with van der Waals surface area (Å²) in [5.41, 5.74) is 0. The van der Waals surface area contributed by atoms with Crippen molar-refractivity contribution in [3.63, 3.8) is 0 Å². The fraction of sp³-hybridized carbons (Fsp3) is 0.786. The van der Waals surface area contributed by atoms with Gasteiger partial charge < -0.3 is 15.5 Å². The monoisotopic (exact) mass is 295 g/mol. The summed E-state index contributed by atoms with van der Waals surface area (Å²) in [4.78, 5) is 11.1. The van der Waals surface area contributed by atoms with Gasteiger partial charge in [-0.05, 0) is 26.4 Å². The van der Waals surface area contributed by atoms with Crippen molar-refractivity contribution in [2.24, 2.45) is 12.0 Å². The van der Waals surface area contributed by atoms with Crippen LogP contribution in [-0.2, 0) is 13.6 Å². The predicted molar refractivity (Wildman–Crippen MR) is 86.2 cm³/mol. The van der Waals surface area contributed by atoms with Crippen LogP contribution in [0.3, 0.4) is 0 Å². The predicted octanol–water partition coefficient (Wildman–Crippen LogP) is 0.602. The number of aromatic nitrogens is 3. The van der Waals surface area contributed by atoms with Crippen molar-refractivity contribution < 1.29 is 0 Å². The van der Waals surface area contributed by atoms with Crippen molar-refractivity contribution in [1.82, 2.24) is 30.3 Å². The average molecular weight is 295 g/mol. The van der Waals surface area contributed by atoms with Gasteiger partial charge in [0.15, 0.2) is 5.96 Å². The number of aryl methyl sites for hydroxylation is 1. The quantitative estimate of drug-likeness (QED) is 0.516. The first-order valence-electron chi connectivity index (χ1n) is 7.78. The van der Waals surface area contributed by atoms with Gasteiger partial charge in [0.25, 0.3) is 0 Å². The highest BCUT2D eigenvalue weighted by molar-refractivity contribution is 5.79. The van der Waals surface area contributed by atoms with Gasteiger partial charge in [0.05, 0.1) is 0 Å². The molecule has 0 spiro atoms. The topological polar surface area (TPSA) is 70.4 Å². The molecule has 0 aromatic carbocycles. The second-order valence-electron chi connectivity index (χ2n) is 4.86. The third-order valence-electron chi connectivity index (χ3n) is 3.24. The molecule has 0 bridgehead atoms. The molecule has 21 heavy (non-hydrogen) atoms. The highest BCUT2D eigenvalue weighted by Gasteiger charge is 2.03. The van der Waals surface area contributed by atoms with Crippen LogP contribution < -0.4 is 10.6 Å². The van der Waals surface area contributed by atoms with Gasteiger partial charge in [-0.15, -0.1) is 0 Å². The maximum atomic E-state index is 4.54. The largest absolute Gasteiger partial charge is 0.357 e. The van der Waals surface area contributed by atoms with Crippen LogP contribution in [0.2, 0.25) is 0 Å². The number of rotatable bonds is 9. The lowest BCUT2D eigenvalue weighted by molar-refractivity contribution is 0.293. The van der Waals surface area contributed by atoms with Crippen molar-refractivity contribution >= 4 is 5.96 Å². The summed E-state index contributed by atoms with van der Waals surface area (Å²) in [5, 5.41) is 10.7. The minimum Gasteiger partial charge on any atom is -0.357 e. The zero-order valence-electron chi connectivity index (χ0n) is 13.8. The third kappa shape index (κ3) is 6.57. The molecule has 1 aromatic rings. The second-order valence-corrected chi connectivity index (χ2v) is 4.86. The maximum Gasteiger partial charge on any atom is 0.191 e. The van der Waals surface area contributed by atoms with E-state index in [9.17, 15) is 0 Å². The van der Waals surface area contributed by atoms with Crippen LogP contribution in [0, 0.1) is 0 Å². The van der Waals surface area contributed by atoms with Gasteiger partial charge in [-0.25, -0.2) is 9.98 Å². The Hall–Kier alpha value is -1.63. The van der Waals surface area contributed by atoms with E-state index in [2.05, 4.69) is 51.4 Å². The normalized spacial score (nSPS) is 12.0. The SMILES string of the molecule is CCCN(CC)CCNC(=NCc1ncnn1C)NCC. The molecule has 0 unspecified atom stereocenters. The number of hydrogen-bond donors (Lipinski definition) is 2. The van der Waals surface area contributed by atoms with Gasteiger partial charge in [0, 0.05) is 26.7 Å². The number of guanidine groups is 1. The molecule has 1 rings (SSSR count). The molecule has 0 atom stereocenters. The second kappa shape index (κ2) is 10.1. The van der Waals surface area contributed by atoms with E-state index >= 15 is 0 Å². The molecule has 0 saturated heterocycles. The lowest BCUT2D eigenvalue weighted by Gasteiger charge is -2.20. The van der Waals surface area contributed by atoms with E-state index in [1.165, 1.54) is 6.42 Å². The first kappa shape index (κ1) is 17.4. The average Bonchev–Trinajstić information content (AvgIpc) is 2.89. The minimum atomic E-state index is 0.526. The number of hydrogen-bond acceptors (Lipinski definition) is 4. The van der Waals surface area contributed by atoms with E-state index in [0.29, 0.717) is 6.54 Å². The fourth-order valence-corrected chi connectivity index (χ4v) is 2.03. The Morgan fingerprint density at radius 1 is 1.29 bits per heavy atom. The number of nitrogens with one attached hydrogen (secondary N) is 2. The van der Waals surface area contributed by atoms with E-state index in [-0.39, 0.29) is 0 Å². The van der Waals surface area contributed by atoms with Gasteiger partial charge in [0.1, 0.15) is 18.7 Å². The molecule has 0 amide bonds. The van der Waals surface area contributed by atoms with Crippen LogP contribution in [0.15, 0.2) is 11.3 Å². The Balaban J connectivity index is 2.43. The summed E-state index contributed by atoms with van der Waals surface area (Å²) in [6.07, 6.45) is 2.74. The Morgan fingerprint density at radius 2 is 2.10 bits per heavy atom. The van der Waals surface area contributed by atoms with Crippen molar-refractivity contribution in [3.8, 4) is 0 Å². The van der Waals surface area contributed by atoms with Crippen LogP contribution in [0.5, 0.6) is 0 Å². The van der Waals surface area contributed by atoms with Crippen LogP contribution in [0.1, 0.15) is 33.0 Å². The molecule has 7 nitrogen and oxygen atoms in total. The molecule has 120 valence electrons. The van der Waals surface area contributed by atoms with Gasteiger partial charge in [-0.1, -0.05) is 13.8 Å². The fourth-order valence-electron chi connectivity index (χ4n) is 2.03. The first-order chi connectivity index (χ1) is 10.2. The lowest BCUT2D eigenvalue weighted by atomic mass is 10.4. The Kier molecular flexibility index (Phi) is 8.42. The molecule has 1 heterocycles. The van der Waals surface area contributed by atoms with Gasteiger partial charge >= 0.3 is 0 Å². The lowest BCUT2D eigenvalue weighted by Crippen LogP contribution is -2.41. The van der Waals surface area contributed by atoms with Crippen molar-refractivity contribution in [3.05, 3.63) is 12.2 Å². The van der Waals surface area contributed by atoms with E-state index in [1.807, 2.05) is 7.05 Å². The Bertz CT molecular complexity index is 413. The molecule has 0 aliphatic carbocycles. The summed E-state index contributed by atoms with van der Waals surface area (Å²) in [5.74, 6) is 1.68. The highest BCUT2D eigenvalue weighted by atomic mass is 15.3. The van der Waals surface area contributed by atoms with E-state index in [1.54, 1.807) is 11.0 Å². The van der Waals surface area contributed by atoms with Gasteiger partial charge in [-0.2, -0.15) is 5.10 Å². The summed E-state index contributed by atoms with van der Waals surface area (Å²) in [6.45, 7) is 12.0. The Labute approximate surface area is 127 Å². The number of nitrogens with zero attached hydrogens (tertiary/aromatic N) is 5. The van der Waals surface area contributed by atoms with Crippen molar-refractivity contribution in [2.75, 3.05) is 32.7 Å². The molecule has 0 fully saturated rings. The standard InChI is InChI=1S/C14H29N7/c1-5-9-21(7-3)10-8-16-14(15-6-2)17-11-13-18-12-19-20(13)4/h12H,5-11H2,1-4H3,(H2,15,16,17). The molecule has 0 aliphatic heterocycles. The highest BCUT2D eigenvalue weighted by Crippen LogP contribution is 1.93. The summed E-state index contributed by atoms with van der Waals surface area (Å²) in [7, 11) is 1.88. The first-order valence-corrected chi connectivity index (χ1v) is 7.78. The summed E-state index contributed by atoms with van der Waals surface area (Å²) in [6, 6.07) is 0. The summed E-state index contributed by atoms with van der Waals surface area (Å²) < 4.78 is 1.74. The molecule has 0 aliphatic rings. The summed E-state index contributed by atoms with van der Waals surface area (Å²) >= 11 is 0. The van der Waals surface area contributed by atoms with E-state index in [4.69, 9.17) is 0 Å². The molecule has 2 N–H and O–H groups in total. The molecule has 0 saturated carbocycles. The van der Waals surface area contributed by atoms with Crippen molar-refractivity contribution in [2.45, 2.75) is 33.7 Å². The minimum absolute atomic E-state index is 0.526. The zero-order valence-corrected chi connectivity index (χ0v) is 13.8. The van der Waals surface area contributed by atoms with Gasteiger partial charge in [0.2, 0.25) is 0 Å². The number of likely N-dealkylation sites (N-methyl/N-ethyl adjacent to an activating group) is 1. The molecular weight excluding hydrogens is 266 g/mol. The number of aliphatic imine (C=N–C) groups is 1. The van der Waals surface area contributed by atoms with E-state index < -0.39 is 0 Å². The van der Waals surface area contributed by atoms with Gasteiger partial charge in [-0.3, -0.25) is 4.68 Å². The van der Waals surface area contributed by atoms with Crippen LogP contribution in [0.4, 0.5) is 0 Å². The van der Waals surface area contributed by atoms with Crippen LogP contribution in [-0.4, -0.2) is 58.3 Å². The molecule has 0 radical (unpaired) electrons. The van der Waals surface area contributed by atoms with Crippen molar-refractivity contribution in [1.29, 1.82) is 0 Å². The molecular formula is C14H29N7. The van der Waals surface area contributed by atoms with Crippen LogP contribution >= 0.6 is 0 Å². The smallest absolute Gasteiger partial charge is 0.191 e. The van der Waals surface area contributed by atoms with Crippen LogP contribution in [0.25, 0.3) is 0 Å². The zero-order chi connectivity index (χ0) is 15.5. The molecule has 1 aromatic heterocycles. The third-order valence-corrected chi connectivity index (χ3v) is 3.24. The van der Waals surface area contributed by atoms with E-state index in [0.717, 1.165) is 44.5 Å². The maximum absolute atomic E-state index is 4.54.